The number of rotatable bonds is 32. The monoisotopic (exact) mass is 1300 g/mol. The number of para-hydroxylation sites is 1. The van der Waals surface area contributed by atoms with Gasteiger partial charge in [-0.2, -0.15) is 10.1 Å². The average Bonchev–Trinajstić information content (AvgIpc) is 1.67. The summed E-state index contributed by atoms with van der Waals surface area (Å²) >= 11 is 1.16. The number of fused-ring (bicyclic) bond motifs is 1. The zero-order valence-corrected chi connectivity index (χ0v) is 52.5. The van der Waals surface area contributed by atoms with Crippen molar-refractivity contribution in [3.05, 3.63) is 86.0 Å². The summed E-state index contributed by atoms with van der Waals surface area (Å²) in [6, 6.07) is 11.5. The number of amides is 1. The van der Waals surface area contributed by atoms with Gasteiger partial charge >= 0.3 is 59.7 Å². The van der Waals surface area contributed by atoms with Crippen LogP contribution in [0.1, 0.15) is 147 Å². The van der Waals surface area contributed by atoms with Gasteiger partial charge in [0.1, 0.15) is 36.9 Å². The molecule has 0 N–H and O–H groups in total. The van der Waals surface area contributed by atoms with Crippen LogP contribution >= 0.6 is 11.3 Å². The Balaban J connectivity index is 0.947. The van der Waals surface area contributed by atoms with E-state index >= 15 is 0 Å². The molecule has 2 aromatic carbocycles. The van der Waals surface area contributed by atoms with E-state index < -0.39 is 65.4 Å². The lowest BCUT2D eigenvalue weighted by Gasteiger charge is -2.30. The van der Waals surface area contributed by atoms with Crippen LogP contribution in [-0.2, 0) is 90.6 Å². The van der Waals surface area contributed by atoms with E-state index in [1.807, 2.05) is 12.1 Å². The molecule has 1 aromatic heterocycles. The fraction of sp³-hybridized carbons (Fsp3) is 0.537. The van der Waals surface area contributed by atoms with Crippen LogP contribution in [0.15, 0.2) is 85.5 Å². The molecule has 24 nitrogen and oxygen atoms in total. The molecule has 0 aliphatic heterocycles. The number of esters is 10. The number of aromatic nitrogens is 1. The van der Waals surface area contributed by atoms with Crippen LogP contribution < -0.4 is 14.5 Å². The van der Waals surface area contributed by atoms with Crippen molar-refractivity contribution in [1.82, 2.24) is 4.98 Å². The first-order chi connectivity index (χ1) is 44.5. The third-order valence-corrected chi connectivity index (χ3v) is 17.5. The molecule has 0 bridgehead atoms. The first-order valence-corrected chi connectivity index (χ1v) is 32.4. The molecule has 0 unspecified atom stereocenters. The Morgan fingerprint density at radius 3 is 1.39 bits per heavy atom. The van der Waals surface area contributed by atoms with Gasteiger partial charge in [0.05, 0.1) is 84.8 Å². The molecule has 4 saturated carbocycles. The molecule has 4 fully saturated rings. The minimum Gasteiger partial charge on any atom is -0.465 e. The van der Waals surface area contributed by atoms with E-state index in [9.17, 15) is 52.7 Å². The van der Waals surface area contributed by atoms with Gasteiger partial charge < -0.3 is 47.4 Å². The van der Waals surface area contributed by atoms with E-state index in [0.29, 0.717) is 134 Å². The second-order valence-electron chi connectivity index (χ2n) is 23.0. The number of ether oxygens (including phenoxy) is 10. The fourth-order valence-corrected chi connectivity index (χ4v) is 12.1. The Kier molecular flexibility index (Phi) is 28.5. The van der Waals surface area contributed by atoms with Gasteiger partial charge in [0, 0.05) is 30.2 Å². The summed E-state index contributed by atoms with van der Waals surface area (Å²) < 4.78 is 55.3. The molecular weight excluding hydrogens is 1210 g/mol. The Morgan fingerprint density at radius 2 is 0.902 bits per heavy atom. The normalized spacial score (nSPS) is 21.2. The van der Waals surface area contributed by atoms with Crippen molar-refractivity contribution in [1.29, 1.82) is 0 Å². The minimum atomic E-state index is -0.744. The van der Waals surface area contributed by atoms with E-state index in [1.165, 1.54) is 24.4 Å². The molecule has 1 amide bonds. The van der Waals surface area contributed by atoms with Gasteiger partial charge in [-0.1, -0.05) is 43.2 Å². The van der Waals surface area contributed by atoms with Crippen LogP contribution in [0.2, 0.25) is 0 Å². The summed E-state index contributed by atoms with van der Waals surface area (Å²) in [5, 5.41) is 5.70. The van der Waals surface area contributed by atoms with Crippen LogP contribution in [0.4, 0.5) is 5.13 Å². The molecular formula is C67H81N3O21S. The van der Waals surface area contributed by atoms with Gasteiger partial charge in [-0.25, -0.2) is 19.4 Å². The lowest BCUT2D eigenvalue weighted by molar-refractivity contribution is -0.161. The summed E-state index contributed by atoms with van der Waals surface area (Å²) in [6.07, 6.45) is 12.0. The van der Waals surface area contributed by atoms with E-state index in [2.05, 4.69) is 29.8 Å². The molecule has 92 heavy (non-hydrogen) atoms. The SMILES string of the molecule is C=CC(=O)OCCCCOC(=O)C1CCC(OC(=O)C2CCC(C(=O)Oc3ccc(OC(=O)C4CCC(C(=O)OC5CCC(C(=O)OCCCCOC(=O)C=C)CC5)CC4)c(/C=N/N(C(=O)CCC(=O)OCCOC(=O)C=C)c4nc5ccccc5s4)c3)CC2)CC1. The van der Waals surface area contributed by atoms with Crippen molar-refractivity contribution in [3.8, 4) is 11.5 Å². The standard InChI is InChI=1S/C67H81N3O21S/c1-4-57(72)82-35-9-11-37-86-61(76)43-23-27-50(28-24-43)88-63(78)45-15-17-47(18-16-45)65(80)90-52-31-32-54(49(41-52)42-68-70(67-69-53-13-7-8-14-55(53)92-67)56(71)33-34-60(75)85-40-39-84-59(74)6-3)91-66(81)48-21-19-46(20-22-48)64(79)89-51-29-25-44(26-30-51)62(77)87-38-12-10-36-83-58(73)5-2/h4-8,13-14,31-32,41-48,50-51H,1-3,9-12,15-30,33-40H2/b68-42+. The molecule has 4 aliphatic carbocycles. The van der Waals surface area contributed by atoms with Gasteiger partial charge in [0.25, 0.3) is 0 Å². The third kappa shape index (κ3) is 22.6. The number of nitrogens with zero attached hydrogens (tertiary/aromatic N) is 3. The van der Waals surface area contributed by atoms with Crippen molar-refractivity contribution >= 4 is 98.5 Å². The minimum absolute atomic E-state index is 0.00778. The van der Waals surface area contributed by atoms with Crippen LogP contribution in [-0.4, -0.2) is 129 Å². The number of carbonyl (C=O) groups excluding carboxylic acids is 11. The highest BCUT2D eigenvalue weighted by atomic mass is 32.1. The highest BCUT2D eigenvalue weighted by Gasteiger charge is 2.37. The maximum absolute atomic E-state index is 14.1. The van der Waals surface area contributed by atoms with Crippen molar-refractivity contribution in [2.24, 2.45) is 40.6 Å². The summed E-state index contributed by atoms with van der Waals surface area (Å²) in [6.45, 7) is 10.4. The van der Waals surface area contributed by atoms with E-state index in [1.54, 1.807) is 12.1 Å². The zero-order valence-electron chi connectivity index (χ0n) is 51.7. The van der Waals surface area contributed by atoms with Crippen LogP contribution in [0.25, 0.3) is 10.2 Å². The number of anilines is 1. The first-order valence-electron chi connectivity index (χ1n) is 31.6. The van der Waals surface area contributed by atoms with Gasteiger partial charge in [0.2, 0.25) is 11.0 Å². The number of carbonyl (C=O) groups is 11. The highest BCUT2D eigenvalue weighted by molar-refractivity contribution is 7.22. The summed E-state index contributed by atoms with van der Waals surface area (Å²) in [5.41, 5.74) is 0.692. The molecule has 3 aromatic rings. The third-order valence-electron chi connectivity index (χ3n) is 16.5. The smallest absolute Gasteiger partial charge is 0.330 e. The van der Waals surface area contributed by atoms with E-state index in [-0.39, 0.29) is 123 Å². The molecule has 1 heterocycles. The number of hydrogen-bond acceptors (Lipinski definition) is 24. The fourth-order valence-electron chi connectivity index (χ4n) is 11.1. The van der Waals surface area contributed by atoms with Crippen LogP contribution in [0.3, 0.4) is 0 Å². The quantitative estimate of drug-likeness (QED) is 0.0107. The van der Waals surface area contributed by atoms with Crippen molar-refractivity contribution in [2.45, 2.75) is 153 Å². The van der Waals surface area contributed by atoms with E-state index in [0.717, 1.165) is 39.3 Å². The maximum atomic E-state index is 14.1. The van der Waals surface area contributed by atoms with Gasteiger partial charge in [-0.05, 0) is 159 Å². The van der Waals surface area contributed by atoms with Crippen molar-refractivity contribution < 1.29 is 100 Å². The van der Waals surface area contributed by atoms with Crippen molar-refractivity contribution in [2.75, 3.05) is 44.7 Å². The molecule has 25 heteroatoms. The molecule has 0 atom stereocenters. The number of thiazole rings is 1. The van der Waals surface area contributed by atoms with Gasteiger partial charge in [-0.15, -0.1) is 0 Å². The summed E-state index contributed by atoms with van der Waals surface area (Å²) in [7, 11) is 0. The molecule has 496 valence electrons. The zero-order chi connectivity index (χ0) is 65.8. The lowest BCUT2D eigenvalue weighted by atomic mass is 9.82. The number of hydrazone groups is 1. The average molecular weight is 1300 g/mol. The van der Waals surface area contributed by atoms with Crippen LogP contribution in [0, 0.1) is 35.5 Å². The van der Waals surface area contributed by atoms with Gasteiger partial charge in [0.15, 0.2) is 0 Å². The summed E-state index contributed by atoms with van der Waals surface area (Å²) in [5.74, 6) is -8.17. The molecule has 0 radical (unpaired) electrons. The topological polar surface area (TPSA) is 309 Å². The Labute approximate surface area is 537 Å². The predicted octanol–water partition coefficient (Wildman–Crippen LogP) is 9.45. The Bertz CT molecular complexity index is 3090. The first kappa shape index (κ1) is 70.8. The molecule has 0 spiro atoms. The summed E-state index contributed by atoms with van der Waals surface area (Å²) in [4.78, 5) is 145. The Hall–Kier alpha value is -8.61. The molecule has 0 saturated heterocycles. The largest absolute Gasteiger partial charge is 0.465 e. The lowest BCUT2D eigenvalue weighted by Crippen LogP contribution is -2.33. The second-order valence-corrected chi connectivity index (χ2v) is 24.0. The Morgan fingerprint density at radius 1 is 0.478 bits per heavy atom. The van der Waals surface area contributed by atoms with Crippen LogP contribution in [0.5, 0.6) is 11.5 Å². The number of unbranched alkanes of at least 4 members (excludes halogenated alkanes) is 2. The number of hydrogen-bond donors (Lipinski definition) is 0. The second kappa shape index (κ2) is 37.0. The van der Waals surface area contributed by atoms with E-state index in [4.69, 9.17) is 47.4 Å². The van der Waals surface area contributed by atoms with Crippen molar-refractivity contribution in [3.63, 3.8) is 0 Å². The molecule has 7 rings (SSSR count). The predicted molar refractivity (Wildman–Crippen MR) is 331 cm³/mol. The number of benzene rings is 2. The highest BCUT2D eigenvalue weighted by Crippen LogP contribution is 2.37. The maximum Gasteiger partial charge on any atom is 0.330 e. The molecule has 4 aliphatic rings. The van der Waals surface area contributed by atoms with Gasteiger partial charge in [-0.3, -0.25) is 38.4 Å².